The van der Waals surface area contributed by atoms with Crippen LogP contribution < -0.4 is 11.5 Å². The summed E-state index contributed by atoms with van der Waals surface area (Å²) >= 11 is 1.42. The number of aryl methyl sites for hydroxylation is 1. The van der Waals surface area contributed by atoms with Gasteiger partial charge in [0, 0.05) is 56.0 Å². The minimum absolute atomic E-state index is 0.307. The van der Waals surface area contributed by atoms with Crippen LogP contribution in [0.3, 0.4) is 0 Å². The molecular weight excluding hydrogens is 500 g/mol. The van der Waals surface area contributed by atoms with Gasteiger partial charge in [0.25, 0.3) is 11.8 Å². The molecule has 1 aromatic carbocycles. The zero-order valence-electron chi connectivity index (χ0n) is 22.7. The van der Waals surface area contributed by atoms with Crippen LogP contribution in [0.25, 0.3) is 10.8 Å². The summed E-state index contributed by atoms with van der Waals surface area (Å²) in [6, 6.07) is 7.68. The smallest absolute Gasteiger partial charge is 0.277 e. The van der Waals surface area contributed by atoms with Gasteiger partial charge < -0.3 is 21.3 Å². The maximum atomic E-state index is 11.4. The Kier molecular flexibility index (Phi) is 10.3. The average Bonchev–Trinajstić information content (AvgIpc) is 3.33. The quantitative estimate of drug-likeness (QED) is 0.524. The molecule has 10 heteroatoms. The van der Waals surface area contributed by atoms with Gasteiger partial charge in [-0.15, -0.1) is 11.3 Å². The van der Waals surface area contributed by atoms with Crippen LogP contribution in [0.2, 0.25) is 0 Å². The first-order valence-corrected chi connectivity index (χ1v) is 13.7. The lowest BCUT2D eigenvalue weighted by atomic mass is 9.88. The number of thiazole rings is 1. The fourth-order valence-electron chi connectivity index (χ4n) is 4.54. The number of benzene rings is 1. The van der Waals surface area contributed by atoms with E-state index in [0.717, 1.165) is 48.8 Å². The monoisotopic (exact) mass is 538 g/mol. The number of fused-ring (bicyclic) bond motifs is 2. The molecule has 1 fully saturated rings. The number of pyridine rings is 1. The molecule has 0 radical (unpaired) electrons. The molecule has 0 saturated heterocycles. The molecule has 4 N–H and O–H groups in total. The van der Waals surface area contributed by atoms with Crippen molar-refractivity contribution in [3.8, 4) is 0 Å². The van der Waals surface area contributed by atoms with Crippen LogP contribution in [0, 0.1) is 12.8 Å². The van der Waals surface area contributed by atoms with Gasteiger partial charge >= 0.3 is 0 Å². The summed E-state index contributed by atoms with van der Waals surface area (Å²) in [5.41, 5.74) is 12.8. The van der Waals surface area contributed by atoms with Gasteiger partial charge in [-0.25, -0.2) is 4.98 Å². The number of rotatable bonds is 3. The number of nitrogens with two attached hydrogens (primary N) is 2. The van der Waals surface area contributed by atoms with E-state index in [4.69, 9.17) is 11.5 Å². The minimum atomic E-state index is -0.493. The Labute approximate surface area is 228 Å². The Morgan fingerprint density at radius 1 is 1.03 bits per heavy atom. The molecule has 1 aliphatic heterocycles. The normalized spacial score (nSPS) is 15.4. The number of carbonyl (C=O) groups is 3. The first kappa shape index (κ1) is 29.2. The first-order valence-electron chi connectivity index (χ1n) is 12.9. The van der Waals surface area contributed by atoms with E-state index in [0.29, 0.717) is 22.5 Å². The van der Waals surface area contributed by atoms with E-state index in [2.05, 4.69) is 21.9 Å². The molecule has 204 valence electrons. The molecule has 2 aliphatic rings. The second-order valence-electron chi connectivity index (χ2n) is 10.1. The number of amides is 3. The van der Waals surface area contributed by atoms with Gasteiger partial charge in [0.15, 0.2) is 5.01 Å². The van der Waals surface area contributed by atoms with Gasteiger partial charge in [-0.05, 0) is 44.3 Å². The second kappa shape index (κ2) is 13.4. The molecule has 38 heavy (non-hydrogen) atoms. The predicted octanol–water partition coefficient (Wildman–Crippen LogP) is 3.53. The van der Waals surface area contributed by atoms with E-state index in [1.54, 1.807) is 17.2 Å². The number of aromatic nitrogens is 2. The summed E-state index contributed by atoms with van der Waals surface area (Å²) in [4.78, 5) is 46.4. The SMILES string of the molecule is CN(C)C(=O)C1CCCCC1.CN1CCc2nc(C(N)=O)sc2C1.Cc1ccc2cc(C(N)=O)ncc2c1. The molecule has 1 saturated carbocycles. The van der Waals surface area contributed by atoms with Crippen LogP contribution in [0.1, 0.15) is 68.5 Å². The summed E-state index contributed by atoms with van der Waals surface area (Å²) in [6.45, 7) is 3.91. The maximum absolute atomic E-state index is 11.4. The Hall–Kier alpha value is -3.37. The lowest BCUT2D eigenvalue weighted by Gasteiger charge is -2.23. The van der Waals surface area contributed by atoms with Gasteiger partial charge in [0.05, 0.1) is 5.69 Å². The lowest BCUT2D eigenvalue weighted by Crippen LogP contribution is -2.30. The van der Waals surface area contributed by atoms with Crippen molar-refractivity contribution in [2.24, 2.45) is 17.4 Å². The zero-order valence-corrected chi connectivity index (χ0v) is 23.5. The highest BCUT2D eigenvalue weighted by Gasteiger charge is 2.22. The highest BCUT2D eigenvalue weighted by molar-refractivity contribution is 7.13. The number of hydrogen-bond acceptors (Lipinski definition) is 7. The van der Waals surface area contributed by atoms with E-state index in [1.807, 2.05) is 39.2 Å². The van der Waals surface area contributed by atoms with E-state index in [1.165, 1.54) is 41.0 Å². The average molecular weight is 539 g/mol. The number of carbonyl (C=O) groups excluding carboxylic acids is 3. The van der Waals surface area contributed by atoms with E-state index < -0.39 is 11.8 Å². The van der Waals surface area contributed by atoms with Crippen molar-refractivity contribution >= 4 is 39.8 Å². The summed E-state index contributed by atoms with van der Waals surface area (Å²) in [5.74, 6) is -0.252. The Balaban J connectivity index is 0.000000159. The lowest BCUT2D eigenvalue weighted by molar-refractivity contribution is -0.133. The Morgan fingerprint density at radius 2 is 1.74 bits per heavy atom. The van der Waals surface area contributed by atoms with Gasteiger partial charge in [-0.2, -0.15) is 0 Å². The number of likely N-dealkylation sites (N-methyl/N-ethyl adjacent to an activating group) is 1. The van der Waals surface area contributed by atoms with Gasteiger partial charge in [-0.3, -0.25) is 19.4 Å². The summed E-state index contributed by atoms with van der Waals surface area (Å²) < 4.78 is 0. The van der Waals surface area contributed by atoms with Crippen LogP contribution in [0.5, 0.6) is 0 Å². The van der Waals surface area contributed by atoms with Gasteiger partial charge in [0.1, 0.15) is 5.69 Å². The van der Waals surface area contributed by atoms with E-state index in [9.17, 15) is 14.4 Å². The van der Waals surface area contributed by atoms with Crippen LogP contribution in [0.4, 0.5) is 0 Å². The van der Waals surface area contributed by atoms with Crippen molar-refractivity contribution in [3.05, 3.63) is 57.3 Å². The van der Waals surface area contributed by atoms with Crippen molar-refractivity contribution in [2.45, 2.75) is 52.0 Å². The molecular formula is C28H38N6O3S. The zero-order chi connectivity index (χ0) is 27.8. The summed E-state index contributed by atoms with van der Waals surface area (Å²) in [6.07, 6.45) is 8.61. The van der Waals surface area contributed by atoms with Gasteiger partial charge in [0.2, 0.25) is 5.91 Å². The summed E-state index contributed by atoms with van der Waals surface area (Å²) in [5, 5.41) is 2.45. The van der Waals surface area contributed by atoms with Crippen LogP contribution in [-0.4, -0.2) is 65.2 Å². The largest absolute Gasteiger partial charge is 0.364 e. The Morgan fingerprint density at radius 3 is 2.37 bits per heavy atom. The third-order valence-electron chi connectivity index (χ3n) is 6.66. The third kappa shape index (κ3) is 8.06. The molecule has 0 atom stereocenters. The number of hydrogen-bond donors (Lipinski definition) is 2. The molecule has 0 unspecified atom stereocenters. The van der Waals surface area contributed by atoms with Crippen molar-refractivity contribution in [1.82, 2.24) is 19.8 Å². The van der Waals surface area contributed by atoms with E-state index >= 15 is 0 Å². The van der Waals surface area contributed by atoms with Crippen molar-refractivity contribution < 1.29 is 14.4 Å². The number of nitrogens with zero attached hydrogens (tertiary/aromatic N) is 4. The maximum Gasteiger partial charge on any atom is 0.277 e. The molecule has 3 amide bonds. The standard InChI is InChI=1S/C11H10N2O.C9H17NO.C8H11N3OS/c1-7-2-3-8-5-10(11(12)14)13-6-9(8)4-7;1-10(2)9(11)8-6-4-3-5-7-8;1-11-3-2-5-6(4-11)13-8(10-5)7(9)12/h2-6H,1H3,(H2,12,14);8H,3-7H2,1-2H3;2-4H2,1H3,(H2,9,12). The van der Waals surface area contributed by atoms with Crippen molar-refractivity contribution in [3.63, 3.8) is 0 Å². The second-order valence-corrected chi connectivity index (χ2v) is 11.2. The number of primary amides is 2. The fraction of sp³-hybridized carbons (Fsp3) is 0.464. The fourth-order valence-corrected chi connectivity index (χ4v) is 5.58. The molecule has 1 aliphatic carbocycles. The van der Waals surface area contributed by atoms with Crippen LogP contribution in [0.15, 0.2) is 30.5 Å². The van der Waals surface area contributed by atoms with Crippen LogP contribution >= 0.6 is 11.3 Å². The molecule has 5 rings (SSSR count). The molecule has 3 heterocycles. The predicted molar refractivity (Wildman–Crippen MR) is 151 cm³/mol. The highest BCUT2D eigenvalue weighted by Crippen LogP contribution is 2.25. The van der Waals surface area contributed by atoms with Crippen LogP contribution in [-0.2, 0) is 17.8 Å². The summed E-state index contributed by atoms with van der Waals surface area (Å²) in [7, 11) is 5.75. The first-order chi connectivity index (χ1) is 18.0. The minimum Gasteiger partial charge on any atom is -0.364 e. The molecule has 2 aromatic heterocycles. The van der Waals surface area contributed by atoms with E-state index in [-0.39, 0.29) is 0 Å². The topological polar surface area (TPSA) is 136 Å². The molecule has 3 aromatic rings. The molecule has 0 bridgehead atoms. The van der Waals surface area contributed by atoms with Crippen molar-refractivity contribution in [1.29, 1.82) is 0 Å². The van der Waals surface area contributed by atoms with Gasteiger partial charge in [-0.1, -0.05) is 37.0 Å². The third-order valence-corrected chi connectivity index (χ3v) is 7.75. The Bertz CT molecular complexity index is 1280. The highest BCUT2D eigenvalue weighted by atomic mass is 32.1. The molecule has 9 nitrogen and oxygen atoms in total. The van der Waals surface area contributed by atoms with Crippen molar-refractivity contribution in [2.75, 3.05) is 27.7 Å². The molecule has 0 spiro atoms.